The Morgan fingerprint density at radius 3 is 2.50 bits per heavy atom. The molecular formula is C20H18BrNO5S. The highest BCUT2D eigenvalue weighted by molar-refractivity contribution is 9.10. The van der Waals surface area contributed by atoms with E-state index in [0.717, 1.165) is 5.39 Å². The summed E-state index contributed by atoms with van der Waals surface area (Å²) >= 11 is 4.59. The Morgan fingerprint density at radius 2 is 1.82 bits per heavy atom. The van der Waals surface area contributed by atoms with Gasteiger partial charge >= 0.3 is 5.97 Å². The summed E-state index contributed by atoms with van der Waals surface area (Å²) < 4.78 is -2.29. The first kappa shape index (κ1) is 19.4. The molecule has 0 bridgehead atoms. The van der Waals surface area contributed by atoms with Crippen LogP contribution in [0.25, 0.3) is 10.8 Å². The van der Waals surface area contributed by atoms with Gasteiger partial charge in [0, 0.05) is 10.3 Å². The van der Waals surface area contributed by atoms with Crippen molar-refractivity contribution in [3.05, 3.63) is 48.0 Å². The highest BCUT2D eigenvalue weighted by Gasteiger charge is 2.73. The standard InChI is InChI=1S/C20H18BrNO5S/c1-19(2)14(16(25)26)22-17(27)20(21,18(22)28-19)15(24)13(23)12-9-5-7-10-6-3-4-8-11(10)12/h3-9,14-15,18,24H,1-2H3,(H,25,26)/t14-,15?,18+,20?/m0/s1. The summed E-state index contributed by atoms with van der Waals surface area (Å²) in [6.07, 6.45) is -1.64. The average molecular weight is 464 g/mol. The molecule has 2 aliphatic heterocycles. The molecule has 8 heteroatoms. The second-order valence-electron chi connectivity index (χ2n) is 7.59. The molecule has 6 nitrogen and oxygen atoms in total. The first-order valence-corrected chi connectivity index (χ1v) is 10.4. The van der Waals surface area contributed by atoms with Crippen molar-refractivity contribution in [3.63, 3.8) is 0 Å². The molecule has 2 aliphatic rings. The second-order valence-corrected chi connectivity index (χ2v) is 10.6. The fraction of sp³-hybridized carbons (Fsp3) is 0.350. The van der Waals surface area contributed by atoms with Crippen LogP contribution in [0.15, 0.2) is 42.5 Å². The van der Waals surface area contributed by atoms with Crippen LogP contribution in [0, 0.1) is 0 Å². The Hall–Kier alpha value is -1.90. The van der Waals surface area contributed by atoms with Crippen LogP contribution in [0.2, 0.25) is 0 Å². The molecule has 2 unspecified atom stereocenters. The number of carboxylic acids is 1. The smallest absolute Gasteiger partial charge is 0.327 e. The van der Waals surface area contributed by atoms with E-state index in [9.17, 15) is 24.6 Å². The third-order valence-corrected chi connectivity index (χ3v) is 8.62. The van der Waals surface area contributed by atoms with Crippen molar-refractivity contribution >= 4 is 56.1 Å². The number of amides is 1. The van der Waals surface area contributed by atoms with Gasteiger partial charge in [-0.15, -0.1) is 11.8 Å². The molecule has 0 saturated carbocycles. The van der Waals surface area contributed by atoms with Gasteiger partial charge < -0.3 is 15.1 Å². The first-order valence-electron chi connectivity index (χ1n) is 8.73. The van der Waals surface area contributed by atoms with Gasteiger partial charge in [-0.2, -0.15) is 0 Å². The molecule has 2 fully saturated rings. The number of Topliss-reactive ketones (excluding diaryl/α,β-unsaturated/α-hetero) is 1. The summed E-state index contributed by atoms with van der Waals surface area (Å²) in [6, 6.07) is 11.5. The minimum atomic E-state index is -1.64. The van der Waals surface area contributed by atoms with Crippen molar-refractivity contribution in [2.24, 2.45) is 0 Å². The number of alkyl halides is 1. The Bertz CT molecular complexity index is 1020. The van der Waals surface area contributed by atoms with Crippen LogP contribution in [-0.4, -0.2) is 59.4 Å². The van der Waals surface area contributed by atoms with Gasteiger partial charge in [-0.25, -0.2) is 4.79 Å². The van der Waals surface area contributed by atoms with Crippen LogP contribution < -0.4 is 0 Å². The Morgan fingerprint density at radius 1 is 1.18 bits per heavy atom. The number of carboxylic acid groups (broad SMARTS) is 1. The largest absolute Gasteiger partial charge is 0.480 e. The van der Waals surface area contributed by atoms with E-state index in [-0.39, 0.29) is 0 Å². The van der Waals surface area contributed by atoms with Gasteiger partial charge in [-0.1, -0.05) is 58.4 Å². The quantitative estimate of drug-likeness (QED) is 0.411. The zero-order valence-electron chi connectivity index (χ0n) is 15.1. The number of thioether (sulfide) groups is 1. The number of hydrogen-bond donors (Lipinski definition) is 2. The fourth-order valence-electron chi connectivity index (χ4n) is 4.08. The molecule has 2 heterocycles. The van der Waals surface area contributed by atoms with Crippen LogP contribution >= 0.6 is 27.7 Å². The maximum absolute atomic E-state index is 13.1. The van der Waals surface area contributed by atoms with Gasteiger partial charge in [-0.05, 0) is 24.6 Å². The summed E-state index contributed by atoms with van der Waals surface area (Å²) in [5, 5.41) is 21.4. The fourth-order valence-corrected chi connectivity index (χ4v) is 6.64. The lowest BCUT2D eigenvalue weighted by atomic mass is 9.84. The van der Waals surface area contributed by atoms with Crippen LogP contribution in [-0.2, 0) is 9.59 Å². The monoisotopic (exact) mass is 463 g/mol. The van der Waals surface area contributed by atoms with Gasteiger partial charge in [0.15, 0.2) is 10.1 Å². The molecule has 28 heavy (non-hydrogen) atoms. The third kappa shape index (κ3) is 2.47. The number of benzene rings is 2. The van der Waals surface area contributed by atoms with E-state index >= 15 is 0 Å². The van der Waals surface area contributed by atoms with E-state index in [1.54, 1.807) is 38.1 Å². The van der Waals surface area contributed by atoms with Crippen LogP contribution in [0.5, 0.6) is 0 Å². The van der Waals surface area contributed by atoms with E-state index in [1.165, 1.54) is 16.7 Å². The summed E-state index contributed by atoms with van der Waals surface area (Å²) in [4.78, 5) is 39.0. The lowest BCUT2D eigenvalue weighted by Crippen LogP contribution is -2.75. The molecule has 146 valence electrons. The Labute approximate surface area is 174 Å². The van der Waals surface area contributed by atoms with E-state index in [0.29, 0.717) is 10.9 Å². The van der Waals surface area contributed by atoms with Crippen LogP contribution in [0.4, 0.5) is 0 Å². The number of β-lactam (4-membered cyclic amide) rings is 1. The number of aliphatic hydroxyl groups is 1. The maximum Gasteiger partial charge on any atom is 0.327 e. The van der Waals surface area contributed by atoms with Crippen LogP contribution in [0.3, 0.4) is 0 Å². The molecule has 0 aromatic heterocycles. The van der Waals surface area contributed by atoms with Gasteiger partial charge in [0.2, 0.25) is 5.91 Å². The molecule has 2 N–H and O–H groups in total. The topological polar surface area (TPSA) is 94.9 Å². The van der Waals surface area contributed by atoms with E-state index in [1.807, 2.05) is 18.2 Å². The second kappa shape index (κ2) is 6.30. The number of aliphatic hydroxyl groups excluding tert-OH is 1. The predicted molar refractivity (Wildman–Crippen MR) is 110 cm³/mol. The number of rotatable bonds is 4. The molecule has 0 aliphatic carbocycles. The van der Waals surface area contributed by atoms with Crippen molar-refractivity contribution < 1.29 is 24.6 Å². The Kier molecular flexibility index (Phi) is 4.37. The minimum absolute atomic E-state index is 0.327. The number of ketones is 1. The number of fused-ring (bicyclic) bond motifs is 2. The zero-order chi connectivity index (χ0) is 20.4. The summed E-state index contributed by atoms with van der Waals surface area (Å²) in [7, 11) is 0. The molecule has 4 atom stereocenters. The lowest BCUT2D eigenvalue weighted by molar-refractivity contribution is -0.163. The number of nitrogens with zero attached hydrogens (tertiary/aromatic N) is 1. The van der Waals surface area contributed by atoms with Gasteiger partial charge in [-0.3, -0.25) is 9.59 Å². The third-order valence-electron chi connectivity index (χ3n) is 5.46. The highest BCUT2D eigenvalue weighted by Crippen LogP contribution is 2.59. The number of aliphatic carboxylic acids is 1. The molecule has 1 amide bonds. The van der Waals surface area contributed by atoms with Crippen molar-refractivity contribution in [1.29, 1.82) is 0 Å². The molecule has 0 radical (unpaired) electrons. The first-order chi connectivity index (χ1) is 13.1. The van der Waals surface area contributed by atoms with E-state index in [4.69, 9.17) is 0 Å². The van der Waals surface area contributed by atoms with Gasteiger partial charge in [0.05, 0.1) is 0 Å². The molecule has 4 rings (SSSR count). The van der Waals surface area contributed by atoms with E-state index in [2.05, 4.69) is 15.9 Å². The molecular weight excluding hydrogens is 446 g/mol. The number of carbonyl (C=O) groups is 3. The average Bonchev–Trinajstić information content (AvgIpc) is 2.95. The van der Waals surface area contributed by atoms with Gasteiger partial charge in [0.1, 0.15) is 17.5 Å². The zero-order valence-corrected chi connectivity index (χ0v) is 17.5. The highest BCUT2D eigenvalue weighted by atomic mass is 79.9. The number of carbonyl (C=O) groups excluding carboxylic acids is 2. The summed E-state index contributed by atoms with van der Waals surface area (Å²) in [5.41, 5.74) is 0.327. The van der Waals surface area contributed by atoms with Crippen LogP contribution in [0.1, 0.15) is 24.2 Å². The SMILES string of the molecule is CC1(C)S[C@H]2N(C(=O)C2(Br)C(O)C(=O)c2cccc3ccccc23)[C@H]1C(=O)O. The van der Waals surface area contributed by atoms with Gasteiger partial charge in [0.25, 0.3) is 0 Å². The molecule has 2 saturated heterocycles. The van der Waals surface area contributed by atoms with Crippen molar-refractivity contribution in [3.8, 4) is 0 Å². The van der Waals surface area contributed by atoms with E-state index < -0.39 is 44.3 Å². The molecule has 2 aromatic rings. The normalized spacial score (nSPS) is 29.3. The van der Waals surface area contributed by atoms with Crippen molar-refractivity contribution in [2.45, 2.75) is 40.4 Å². The lowest BCUT2D eigenvalue weighted by Gasteiger charge is -2.51. The summed E-state index contributed by atoms with van der Waals surface area (Å²) in [5.74, 6) is -2.25. The number of halogens is 1. The maximum atomic E-state index is 13.1. The molecule has 0 spiro atoms. The Balaban J connectivity index is 1.71. The minimum Gasteiger partial charge on any atom is -0.480 e. The predicted octanol–water partition coefficient (Wildman–Crippen LogP) is 2.66. The number of hydrogen-bond acceptors (Lipinski definition) is 5. The summed E-state index contributed by atoms with van der Waals surface area (Å²) in [6.45, 7) is 3.49. The van der Waals surface area contributed by atoms with Crippen molar-refractivity contribution in [1.82, 2.24) is 4.90 Å². The van der Waals surface area contributed by atoms with Crippen molar-refractivity contribution in [2.75, 3.05) is 0 Å². The molecule has 2 aromatic carbocycles.